The van der Waals surface area contributed by atoms with E-state index in [1.54, 1.807) is 4.90 Å². The number of guanidine groups is 4. The quantitative estimate of drug-likeness (QED) is 0.268. The number of hydrogen-bond donors (Lipinski definition) is 6. The van der Waals surface area contributed by atoms with Crippen LogP contribution in [0.2, 0.25) is 0 Å². The Morgan fingerprint density at radius 1 is 0.917 bits per heavy atom. The molecule has 1 saturated carbocycles. The zero-order valence-electron chi connectivity index (χ0n) is 14.5. The van der Waals surface area contributed by atoms with Crippen LogP contribution in [0.3, 0.4) is 0 Å². The Balaban J connectivity index is 2.34. The molecule has 10 nitrogen and oxygen atoms in total. The SMILES string of the molecule is CN(CCC1CCC1CCN(C)C(N)=NC(=N)N)C(=N)N=C(N)N. The van der Waals surface area contributed by atoms with E-state index in [2.05, 4.69) is 9.98 Å². The molecule has 1 rings (SSSR count). The minimum absolute atomic E-state index is 0.0822. The minimum Gasteiger partial charge on any atom is -0.370 e. The van der Waals surface area contributed by atoms with Gasteiger partial charge in [0.05, 0.1) is 0 Å². The van der Waals surface area contributed by atoms with Crippen LogP contribution in [0.4, 0.5) is 0 Å². The Labute approximate surface area is 143 Å². The predicted octanol–water partition coefficient (Wildman–Crippen LogP) is -0.927. The fraction of sp³-hybridized carbons (Fsp3) is 0.714. The van der Waals surface area contributed by atoms with Crippen molar-refractivity contribution in [3.05, 3.63) is 0 Å². The highest BCUT2D eigenvalue weighted by Crippen LogP contribution is 2.39. The van der Waals surface area contributed by atoms with Crippen molar-refractivity contribution in [3.8, 4) is 0 Å². The third kappa shape index (κ3) is 6.31. The van der Waals surface area contributed by atoms with Crippen molar-refractivity contribution in [1.29, 1.82) is 10.8 Å². The minimum atomic E-state index is -0.285. The summed E-state index contributed by atoms with van der Waals surface area (Å²) in [6, 6.07) is 0. The number of nitrogens with zero attached hydrogens (tertiary/aromatic N) is 4. The van der Waals surface area contributed by atoms with Gasteiger partial charge in [0.15, 0.2) is 11.9 Å². The van der Waals surface area contributed by atoms with Gasteiger partial charge in [-0.1, -0.05) is 0 Å². The van der Waals surface area contributed by atoms with E-state index in [4.69, 9.17) is 33.8 Å². The molecule has 136 valence electrons. The first-order chi connectivity index (χ1) is 11.2. The van der Waals surface area contributed by atoms with Gasteiger partial charge >= 0.3 is 0 Å². The zero-order valence-corrected chi connectivity index (χ0v) is 14.5. The van der Waals surface area contributed by atoms with Crippen molar-refractivity contribution >= 4 is 23.8 Å². The van der Waals surface area contributed by atoms with E-state index in [1.807, 2.05) is 19.0 Å². The van der Waals surface area contributed by atoms with E-state index in [9.17, 15) is 0 Å². The van der Waals surface area contributed by atoms with E-state index in [1.165, 1.54) is 12.8 Å². The van der Waals surface area contributed by atoms with Gasteiger partial charge in [0, 0.05) is 27.2 Å². The van der Waals surface area contributed by atoms with Crippen LogP contribution >= 0.6 is 0 Å². The molecule has 0 aromatic heterocycles. The van der Waals surface area contributed by atoms with Crippen LogP contribution in [0.25, 0.3) is 0 Å². The van der Waals surface area contributed by atoms with Crippen molar-refractivity contribution in [2.75, 3.05) is 27.2 Å². The molecule has 1 aliphatic rings. The van der Waals surface area contributed by atoms with Crippen LogP contribution < -0.4 is 22.9 Å². The van der Waals surface area contributed by atoms with Crippen molar-refractivity contribution in [2.24, 2.45) is 44.8 Å². The molecule has 2 unspecified atom stereocenters. The van der Waals surface area contributed by atoms with E-state index in [0.29, 0.717) is 11.8 Å². The molecule has 10 N–H and O–H groups in total. The second-order valence-electron chi connectivity index (χ2n) is 6.23. The first-order valence-electron chi connectivity index (χ1n) is 7.99. The van der Waals surface area contributed by atoms with Crippen LogP contribution in [-0.4, -0.2) is 60.8 Å². The van der Waals surface area contributed by atoms with E-state index >= 15 is 0 Å². The Kier molecular flexibility index (Phi) is 7.28. The summed E-state index contributed by atoms with van der Waals surface area (Å²) in [7, 11) is 3.66. The first-order valence-corrected chi connectivity index (χ1v) is 7.99. The summed E-state index contributed by atoms with van der Waals surface area (Å²) in [4.78, 5) is 11.0. The monoisotopic (exact) mass is 338 g/mol. The van der Waals surface area contributed by atoms with Gasteiger partial charge in [0.1, 0.15) is 0 Å². The summed E-state index contributed by atoms with van der Waals surface area (Å²) >= 11 is 0. The van der Waals surface area contributed by atoms with Gasteiger partial charge in [-0.25, -0.2) is 0 Å². The highest BCUT2D eigenvalue weighted by molar-refractivity contribution is 5.92. The molecule has 0 aliphatic heterocycles. The molecule has 0 bridgehead atoms. The summed E-state index contributed by atoms with van der Waals surface area (Å²) in [6.45, 7) is 1.53. The lowest BCUT2D eigenvalue weighted by atomic mass is 9.70. The van der Waals surface area contributed by atoms with Crippen LogP contribution in [0.1, 0.15) is 25.7 Å². The van der Waals surface area contributed by atoms with Gasteiger partial charge in [0.25, 0.3) is 0 Å². The molecule has 0 radical (unpaired) electrons. The third-order valence-electron chi connectivity index (χ3n) is 4.47. The maximum Gasteiger partial charge on any atom is 0.220 e. The highest BCUT2D eigenvalue weighted by Gasteiger charge is 2.30. The topological polar surface area (TPSA) is 183 Å². The third-order valence-corrected chi connectivity index (χ3v) is 4.47. The van der Waals surface area contributed by atoms with Crippen LogP contribution in [0, 0.1) is 22.7 Å². The van der Waals surface area contributed by atoms with Gasteiger partial charge in [-0.15, -0.1) is 0 Å². The molecule has 10 heteroatoms. The summed E-state index contributed by atoms with van der Waals surface area (Å²) in [6.07, 6.45) is 4.43. The van der Waals surface area contributed by atoms with Gasteiger partial charge in [-0.3, -0.25) is 10.8 Å². The molecule has 0 aromatic rings. The molecular weight excluding hydrogens is 308 g/mol. The maximum atomic E-state index is 7.75. The molecule has 0 saturated heterocycles. The van der Waals surface area contributed by atoms with Crippen molar-refractivity contribution in [3.63, 3.8) is 0 Å². The fourth-order valence-corrected chi connectivity index (χ4v) is 2.75. The van der Waals surface area contributed by atoms with Gasteiger partial charge in [-0.2, -0.15) is 9.98 Å². The maximum absolute atomic E-state index is 7.75. The zero-order chi connectivity index (χ0) is 18.3. The van der Waals surface area contributed by atoms with E-state index < -0.39 is 0 Å². The Hall–Kier alpha value is -2.52. The van der Waals surface area contributed by atoms with Crippen molar-refractivity contribution in [2.45, 2.75) is 25.7 Å². The van der Waals surface area contributed by atoms with Crippen LogP contribution in [-0.2, 0) is 0 Å². The lowest BCUT2D eigenvalue weighted by Gasteiger charge is -2.38. The van der Waals surface area contributed by atoms with Gasteiger partial charge in [-0.05, 0) is 37.5 Å². The fourth-order valence-electron chi connectivity index (χ4n) is 2.75. The van der Waals surface area contributed by atoms with Crippen molar-refractivity contribution < 1.29 is 0 Å². The molecular formula is C14H30N10. The predicted molar refractivity (Wildman–Crippen MR) is 97.8 cm³/mol. The number of nitrogens with one attached hydrogen (secondary N) is 2. The van der Waals surface area contributed by atoms with Crippen molar-refractivity contribution in [1.82, 2.24) is 9.80 Å². The molecule has 2 atom stereocenters. The second-order valence-corrected chi connectivity index (χ2v) is 6.23. The normalized spacial score (nSPS) is 20.0. The number of rotatable bonds is 6. The van der Waals surface area contributed by atoms with Gasteiger partial charge in [0.2, 0.25) is 11.9 Å². The Morgan fingerprint density at radius 2 is 1.42 bits per heavy atom. The molecule has 1 aliphatic carbocycles. The average molecular weight is 338 g/mol. The van der Waals surface area contributed by atoms with E-state index in [-0.39, 0.29) is 23.8 Å². The average Bonchev–Trinajstić information content (AvgIpc) is 2.44. The summed E-state index contributed by atoms with van der Waals surface area (Å²) < 4.78 is 0. The number of hydrogen-bond acceptors (Lipinski definition) is 2. The lowest BCUT2D eigenvalue weighted by Crippen LogP contribution is -2.39. The smallest absolute Gasteiger partial charge is 0.220 e. The summed E-state index contributed by atoms with van der Waals surface area (Å²) in [5.74, 6) is 1.25. The molecule has 0 amide bonds. The standard InChI is InChI=1S/C14H30N10/c1-23(13(19)21-11(15)16)7-5-9-3-4-10(9)6-8-24(2)14(20)22-12(17)18/h9-10H,3-8H2,1-2H3,(H5,15,16,19,21)(H5,17,18,20,22). The number of aliphatic imine (C=N–C) groups is 2. The van der Waals surface area contributed by atoms with E-state index in [0.717, 1.165) is 25.9 Å². The molecule has 0 heterocycles. The Bertz CT molecular complexity index is 508. The largest absolute Gasteiger partial charge is 0.370 e. The molecule has 1 fully saturated rings. The summed E-state index contributed by atoms with van der Waals surface area (Å²) in [5, 5.41) is 14.9. The first kappa shape index (κ1) is 19.5. The van der Waals surface area contributed by atoms with Gasteiger partial charge < -0.3 is 32.7 Å². The number of nitrogens with two attached hydrogens (primary N) is 4. The lowest BCUT2D eigenvalue weighted by molar-refractivity contribution is 0.138. The highest BCUT2D eigenvalue weighted by atomic mass is 15.3. The Morgan fingerprint density at radius 3 is 1.83 bits per heavy atom. The molecule has 0 aromatic carbocycles. The molecule has 0 spiro atoms. The summed E-state index contributed by atoms with van der Waals surface area (Å²) in [5.41, 5.74) is 21.5. The van der Waals surface area contributed by atoms with Crippen LogP contribution in [0.5, 0.6) is 0 Å². The molecule has 24 heavy (non-hydrogen) atoms. The second kappa shape index (κ2) is 8.94. The van der Waals surface area contributed by atoms with Crippen LogP contribution in [0.15, 0.2) is 9.98 Å².